The average Bonchev–Trinajstić information content (AvgIpc) is 2.75. The first-order chi connectivity index (χ1) is 7.50. The highest BCUT2D eigenvalue weighted by molar-refractivity contribution is 6.17. The molecule has 16 heavy (non-hydrogen) atoms. The van der Waals surface area contributed by atoms with Crippen LogP contribution in [0.25, 0.3) is 0 Å². The van der Waals surface area contributed by atoms with E-state index in [0.717, 1.165) is 6.42 Å². The van der Waals surface area contributed by atoms with Crippen LogP contribution in [0.5, 0.6) is 0 Å². The summed E-state index contributed by atoms with van der Waals surface area (Å²) in [6.45, 7) is 7.14. The zero-order valence-electron chi connectivity index (χ0n) is 10.3. The van der Waals surface area contributed by atoms with E-state index in [4.69, 9.17) is 21.1 Å². The molecule has 3 aliphatic rings. The van der Waals surface area contributed by atoms with E-state index in [9.17, 15) is 0 Å². The molecule has 1 saturated heterocycles. The fourth-order valence-corrected chi connectivity index (χ4v) is 4.39. The number of alkyl halides is 1. The summed E-state index contributed by atoms with van der Waals surface area (Å²) in [6, 6.07) is 0. The van der Waals surface area contributed by atoms with Gasteiger partial charge in [-0.05, 0) is 24.2 Å². The smallest absolute Gasteiger partial charge is 0.159 e. The fourth-order valence-electron chi connectivity index (χ4n) is 4.21. The molecule has 0 aromatic heterocycles. The highest BCUT2D eigenvalue weighted by Gasteiger charge is 2.69. The van der Waals surface area contributed by atoms with E-state index >= 15 is 0 Å². The summed E-state index contributed by atoms with van der Waals surface area (Å²) < 4.78 is 12.1. The quantitative estimate of drug-likeness (QED) is 0.695. The Morgan fingerprint density at radius 3 is 2.62 bits per heavy atom. The van der Waals surface area contributed by atoms with Crippen molar-refractivity contribution in [3.8, 4) is 0 Å². The zero-order valence-corrected chi connectivity index (χ0v) is 11.1. The van der Waals surface area contributed by atoms with Crippen molar-refractivity contribution in [2.75, 3.05) is 5.88 Å². The Morgan fingerprint density at radius 1 is 1.25 bits per heavy atom. The molecule has 2 saturated carbocycles. The largest absolute Gasteiger partial charge is 0.346 e. The third-order valence-corrected chi connectivity index (χ3v) is 5.87. The van der Waals surface area contributed by atoms with E-state index in [1.54, 1.807) is 0 Å². The van der Waals surface area contributed by atoms with Crippen molar-refractivity contribution in [3.63, 3.8) is 0 Å². The molecule has 1 aliphatic heterocycles. The van der Waals surface area contributed by atoms with Gasteiger partial charge in [-0.25, -0.2) is 0 Å². The Kier molecular flexibility index (Phi) is 2.38. The Bertz CT molecular complexity index is 304. The molecule has 2 aliphatic carbocycles. The first kappa shape index (κ1) is 11.3. The van der Waals surface area contributed by atoms with Crippen LogP contribution < -0.4 is 0 Å². The molecule has 0 amide bonds. The molecule has 1 heterocycles. The van der Waals surface area contributed by atoms with E-state index in [1.165, 1.54) is 12.8 Å². The van der Waals surface area contributed by atoms with Gasteiger partial charge in [0.2, 0.25) is 0 Å². The topological polar surface area (TPSA) is 18.5 Å². The lowest BCUT2D eigenvalue weighted by Gasteiger charge is -2.37. The SMILES string of the molecule is CC1(C)[C@@H]2CC[C@@]1(C)[C@@H]1O[C@H](CCCl)O[C@H]21. The van der Waals surface area contributed by atoms with Crippen LogP contribution in [0.15, 0.2) is 0 Å². The zero-order chi connectivity index (χ0) is 11.6. The van der Waals surface area contributed by atoms with Crippen LogP contribution in [0.1, 0.15) is 40.0 Å². The summed E-state index contributed by atoms with van der Waals surface area (Å²) in [5.41, 5.74) is 0.650. The summed E-state index contributed by atoms with van der Waals surface area (Å²) >= 11 is 5.76. The number of fused-ring (bicyclic) bond motifs is 5. The van der Waals surface area contributed by atoms with Crippen LogP contribution in [-0.2, 0) is 9.47 Å². The van der Waals surface area contributed by atoms with Crippen LogP contribution >= 0.6 is 11.6 Å². The Labute approximate surface area is 103 Å². The minimum absolute atomic E-state index is 0.0523. The second-order valence-electron chi connectivity index (χ2n) is 6.35. The van der Waals surface area contributed by atoms with Gasteiger partial charge < -0.3 is 9.47 Å². The number of ether oxygens (including phenoxy) is 2. The lowest BCUT2D eigenvalue weighted by atomic mass is 9.70. The van der Waals surface area contributed by atoms with Crippen LogP contribution in [0.4, 0.5) is 0 Å². The standard InChI is InChI=1S/C13H21ClO2/c1-12(2)8-4-6-13(12,3)11-10(8)15-9(16-11)5-7-14/h8-11H,4-7H2,1-3H3/t8-,9-,10-,11-,13+/m1/s1. The molecule has 2 bridgehead atoms. The van der Waals surface area contributed by atoms with Crippen LogP contribution in [0.3, 0.4) is 0 Å². The van der Waals surface area contributed by atoms with Gasteiger partial charge >= 0.3 is 0 Å². The van der Waals surface area contributed by atoms with E-state index in [1.807, 2.05) is 0 Å². The second kappa shape index (κ2) is 3.37. The second-order valence-corrected chi connectivity index (χ2v) is 6.73. The third kappa shape index (κ3) is 1.16. The lowest BCUT2D eigenvalue weighted by molar-refractivity contribution is -0.112. The Morgan fingerprint density at radius 2 is 2.00 bits per heavy atom. The Hall–Kier alpha value is 0.210. The molecule has 0 spiro atoms. The van der Waals surface area contributed by atoms with Crippen molar-refractivity contribution >= 4 is 11.6 Å². The maximum absolute atomic E-state index is 6.09. The van der Waals surface area contributed by atoms with Crippen molar-refractivity contribution in [2.24, 2.45) is 16.7 Å². The third-order valence-electron chi connectivity index (χ3n) is 5.65. The van der Waals surface area contributed by atoms with Gasteiger partial charge in [0.05, 0.1) is 12.2 Å². The highest BCUT2D eigenvalue weighted by atomic mass is 35.5. The van der Waals surface area contributed by atoms with E-state index < -0.39 is 0 Å². The molecule has 0 aromatic rings. The summed E-state index contributed by atoms with van der Waals surface area (Å²) in [5.74, 6) is 1.29. The molecule has 3 heteroatoms. The molecule has 5 atom stereocenters. The van der Waals surface area contributed by atoms with Crippen molar-refractivity contribution in [1.82, 2.24) is 0 Å². The summed E-state index contributed by atoms with van der Waals surface area (Å²) in [6.07, 6.45) is 3.96. The van der Waals surface area contributed by atoms with Gasteiger partial charge in [-0.15, -0.1) is 11.6 Å². The van der Waals surface area contributed by atoms with Crippen molar-refractivity contribution in [2.45, 2.75) is 58.5 Å². The number of hydrogen-bond donors (Lipinski definition) is 0. The molecule has 0 N–H and O–H groups in total. The van der Waals surface area contributed by atoms with Gasteiger partial charge in [0.1, 0.15) is 0 Å². The summed E-state index contributed by atoms with van der Waals surface area (Å²) in [4.78, 5) is 0. The number of halogens is 1. The number of hydrogen-bond acceptors (Lipinski definition) is 2. The maximum atomic E-state index is 6.09. The molecular weight excluding hydrogens is 224 g/mol. The van der Waals surface area contributed by atoms with E-state index in [0.29, 0.717) is 34.8 Å². The van der Waals surface area contributed by atoms with Crippen molar-refractivity contribution < 1.29 is 9.47 Å². The normalized spacial score (nSPS) is 53.2. The van der Waals surface area contributed by atoms with Crippen LogP contribution in [-0.4, -0.2) is 24.4 Å². The van der Waals surface area contributed by atoms with Gasteiger partial charge in [-0.2, -0.15) is 0 Å². The first-order valence-electron chi connectivity index (χ1n) is 6.37. The van der Waals surface area contributed by atoms with Crippen molar-refractivity contribution in [1.29, 1.82) is 0 Å². The van der Waals surface area contributed by atoms with Gasteiger partial charge in [0.15, 0.2) is 6.29 Å². The molecular formula is C13H21ClO2. The monoisotopic (exact) mass is 244 g/mol. The van der Waals surface area contributed by atoms with Crippen molar-refractivity contribution in [3.05, 3.63) is 0 Å². The average molecular weight is 245 g/mol. The van der Waals surface area contributed by atoms with E-state index in [-0.39, 0.29) is 6.29 Å². The first-order valence-corrected chi connectivity index (χ1v) is 6.91. The molecule has 0 radical (unpaired) electrons. The minimum atomic E-state index is -0.0523. The fraction of sp³-hybridized carbons (Fsp3) is 1.00. The van der Waals surface area contributed by atoms with Crippen LogP contribution in [0, 0.1) is 16.7 Å². The summed E-state index contributed by atoms with van der Waals surface area (Å²) in [7, 11) is 0. The highest BCUT2D eigenvalue weighted by Crippen LogP contribution is 2.68. The number of rotatable bonds is 2. The molecule has 3 rings (SSSR count). The van der Waals surface area contributed by atoms with Crippen LogP contribution in [0.2, 0.25) is 0 Å². The minimum Gasteiger partial charge on any atom is -0.346 e. The van der Waals surface area contributed by atoms with E-state index in [2.05, 4.69) is 20.8 Å². The van der Waals surface area contributed by atoms with Gasteiger partial charge in [-0.3, -0.25) is 0 Å². The maximum Gasteiger partial charge on any atom is 0.159 e. The molecule has 0 aromatic carbocycles. The molecule has 2 nitrogen and oxygen atoms in total. The lowest BCUT2D eigenvalue weighted by Crippen LogP contribution is -2.38. The predicted octanol–water partition coefficient (Wildman–Crippen LogP) is 3.18. The molecule has 0 unspecified atom stereocenters. The Balaban J connectivity index is 1.85. The van der Waals surface area contributed by atoms with Gasteiger partial charge in [0.25, 0.3) is 0 Å². The predicted molar refractivity (Wildman–Crippen MR) is 63.5 cm³/mol. The molecule has 92 valence electrons. The molecule has 3 fully saturated rings. The summed E-state index contributed by atoms with van der Waals surface area (Å²) in [5, 5.41) is 0. The van der Waals surface area contributed by atoms with Gasteiger partial charge in [-0.1, -0.05) is 20.8 Å². The van der Waals surface area contributed by atoms with Gasteiger partial charge in [0, 0.05) is 17.7 Å².